The van der Waals surface area contributed by atoms with E-state index in [2.05, 4.69) is 67.3 Å². The monoisotopic (exact) mass is 599 g/mol. The Labute approximate surface area is 254 Å². The van der Waals surface area contributed by atoms with E-state index in [1.807, 2.05) is 74.5 Å². The Bertz CT molecular complexity index is 1590. The molecule has 1 heterocycles. The largest absolute Gasteiger partial charge is 0.418 e. The molecule has 7 nitrogen and oxygen atoms in total. The minimum Gasteiger partial charge on any atom is -0.418 e. The summed E-state index contributed by atoms with van der Waals surface area (Å²) in [6, 6.07) is 23.0. The maximum Gasteiger partial charge on any atom is 0.247 e. The Morgan fingerprint density at radius 3 is 2.33 bits per heavy atom. The molecule has 2 atom stereocenters. The van der Waals surface area contributed by atoms with Gasteiger partial charge in [0.05, 0.1) is 16.7 Å². The minimum atomic E-state index is -2.13. The van der Waals surface area contributed by atoms with Crippen LogP contribution >= 0.6 is 11.6 Å². The number of nitrogens with one attached hydrogen (secondary N) is 2. The number of nitriles is 1. The van der Waals surface area contributed by atoms with Gasteiger partial charge in [0.25, 0.3) is 0 Å². The van der Waals surface area contributed by atoms with Gasteiger partial charge in [0.2, 0.25) is 11.8 Å². The van der Waals surface area contributed by atoms with Crippen LogP contribution in [0.5, 0.6) is 0 Å². The highest BCUT2D eigenvalue weighted by Gasteiger charge is 2.41. The summed E-state index contributed by atoms with van der Waals surface area (Å²) in [5, 5.41) is 25.5. The van der Waals surface area contributed by atoms with Crippen LogP contribution in [0, 0.1) is 18.3 Å². The van der Waals surface area contributed by atoms with E-state index < -0.39 is 14.4 Å². The van der Waals surface area contributed by atoms with Crippen LogP contribution in [-0.2, 0) is 4.43 Å². The van der Waals surface area contributed by atoms with Crippen molar-refractivity contribution in [3.05, 3.63) is 101 Å². The van der Waals surface area contributed by atoms with Gasteiger partial charge in [-0.3, -0.25) is 0 Å². The van der Waals surface area contributed by atoms with Crippen LogP contribution in [0.25, 0.3) is 17.2 Å². The van der Waals surface area contributed by atoms with E-state index in [-0.39, 0.29) is 11.1 Å². The number of aromatic nitrogens is 2. The average molecular weight is 600 g/mol. The number of hydrogen-bond donors (Lipinski definition) is 2. The van der Waals surface area contributed by atoms with Crippen LogP contribution in [0.15, 0.2) is 77.7 Å². The second-order valence-electron chi connectivity index (χ2n) is 11.9. The summed E-state index contributed by atoms with van der Waals surface area (Å²) < 4.78 is 13.0. The smallest absolute Gasteiger partial charge is 0.247 e. The van der Waals surface area contributed by atoms with E-state index >= 15 is 0 Å². The van der Waals surface area contributed by atoms with Crippen molar-refractivity contribution in [3.8, 4) is 17.5 Å². The molecule has 0 spiro atoms. The molecule has 0 fully saturated rings. The molecule has 0 bridgehead atoms. The van der Waals surface area contributed by atoms with Gasteiger partial charge in [-0.05, 0) is 79.5 Å². The lowest BCUT2D eigenvalue weighted by atomic mass is 10.1. The van der Waals surface area contributed by atoms with E-state index in [1.54, 1.807) is 6.07 Å². The van der Waals surface area contributed by atoms with Crippen molar-refractivity contribution >= 4 is 37.0 Å². The molecular weight excluding hydrogens is 562 g/mol. The highest BCUT2D eigenvalue weighted by atomic mass is 35.5. The van der Waals surface area contributed by atoms with Crippen LogP contribution in [0.1, 0.15) is 56.3 Å². The maximum atomic E-state index is 9.40. The molecule has 0 aliphatic carbocycles. The van der Waals surface area contributed by atoms with Gasteiger partial charge in [-0.25, -0.2) is 0 Å². The highest BCUT2D eigenvalue weighted by molar-refractivity contribution is 6.74. The molecule has 0 saturated carbocycles. The third-order valence-electron chi connectivity index (χ3n) is 7.83. The molecule has 4 aromatic rings. The van der Waals surface area contributed by atoms with Gasteiger partial charge >= 0.3 is 0 Å². The molecular formula is C33H38ClN5O2Si. The first-order valence-electron chi connectivity index (χ1n) is 13.9. The lowest BCUT2D eigenvalue weighted by molar-refractivity contribution is 0.166. The molecule has 4 rings (SSSR count). The van der Waals surface area contributed by atoms with Crippen LogP contribution in [0.2, 0.25) is 23.2 Å². The van der Waals surface area contributed by atoms with Crippen LogP contribution < -0.4 is 10.6 Å². The fourth-order valence-corrected chi connectivity index (χ4v) is 5.87. The highest BCUT2D eigenvalue weighted by Crippen LogP contribution is 2.40. The van der Waals surface area contributed by atoms with Crippen molar-refractivity contribution in [2.45, 2.75) is 64.9 Å². The molecule has 3 aromatic carbocycles. The molecule has 0 aliphatic rings. The number of anilines is 2. The third kappa shape index (κ3) is 6.93. The second-order valence-corrected chi connectivity index (χ2v) is 17.0. The standard InChI is InChI=1S/C33H38ClN5O2Si/c1-21-28(19-16-26(20-35)29(21)34)37-30(23(3)41-42(7,8)33(4,5)6)32-39-38-31(40-32)25-14-17-27(18-15-25)36-22(2)24-12-10-9-11-13-24/h9-19,23,30,36-37H,2H2,1,3-8H3/t23-,30-/m1/s1. The van der Waals surface area contributed by atoms with Crippen molar-refractivity contribution < 1.29 is 8.84 Å². The van der Waals surface area contributed by atoms with Crippen molar-refractivity contribution in [1.82, 2.24) is 10.2 Å². The summed E-state index contributed by atoms with van der Waals surface area (Å²) in [6.07, 6.45) is -0.302. The Kier molecular flexibility index (Phi) is 9.26. The maximum absolute atomic E-state index is 9.40. The first-order valence-corrected chi connectivity index (χ1v) is 17.2. The summed E-state index contributed by atoms with van der Waals surface area (Å²) in [6.45, 7) is 19.1. The van der Waals surface area contributed by atoms with E-state index in [1.165, 1.54) is 0 Å². The van der Waals surface area contributed by atoms with Crippen LogP contribution in [0.4, 0.5) is 11.4 Å². The lowest BCUT2D eigenvalue weighted by Gasteiger charge is -2.40. The Morgan fingerprint density at radius 2 is 1.71 bits per heavy atom. The van der Waals surface area contributed by atoms with E-state index in [0.29, 0.717) is 22.4 Å². The lowest BCUT2D eigenvalue weighted by Crippen LogP contribution is -2.45. The molecule has 0 radical (unpaired) electrons. The van der Waals surface area contributed by atoms with Crippen molar-refractivity contribution in [1.29, 1.82) is 5.26 Å². The van der Waals surface area contributed by atoms with Gasteiger partial charge in [0.1, 0.15) is 12.1 Å². The SMILES string of the molecule is C=C(Nc1ccc(-c2nnc([C@H](Nc3ccc(C#N)c(Cl)c3C)[C@@H](C)O[Si](C)(C)C(C)(C)C)o2)cc1)c1ccccc1. The quantitative estimate of drug-likeness (QED) is 0.175. The van der Waals surface area contributed by atoms with E-state index in [0.717, 1.165) is 33.8 Å². The Balaban J connectivity index is 1.61. The molecule has 2 N–H and O–H groups in total. The number of rotatable bonds is 10. The number of hydrogen-bond acceptors (Lipinski definition) is 7. The molecule has 42 heavy (non-hydrogen) atoms. The zero-order valence-corrected chi connectivity index (χ0v) is 27.0. The van der Waals surface area contributed by atoms with Gasteiger partial charge in [-0.15, -0.1) is 10.2 Å². The number of nitrogens with zero attached hydrogens (tertiary/aromatic N) is 3. The van der Waals surface area contributed by atoms with Crippen LogP contribution in [0.3, 0.4) is 0 Å². The summed E-state index contributed by atoms with van der Waals surface area (Å²) in [5.41, 5.74) is 5.48. The predicted molar refractivity (Wildman–Crippen MR) is 174 cm³/mol. The molecule has 0 aliphatic heterocycles. The number of halogens is 1. The second kappa shape index (κ2) is 12.5. The normalized spacial score (nSPS) is 13.2. The van der Waals surface area contributed by atoms with Crippen LogP contribution in [-0.4, -0.2) is 24.6 Å². The average Bonchev–Trinajstić information content (AvgIpc) is 3.43. The third-order valence-corrected chi connectivity index (χ3v) is 12.9. The predicted octanol–water partition coefficient (Wildman–Crippen LogP) is 9.22. The fraction of sp³-hybridized carbons (Fsp3) is 0.303. The number of benzene rings is 3. The van der Waals surface area contributed by atoms with E-state index in [4.69, 9.17) is 20.4 Å². The zero-order chi connectivity index (χ0) is 30.7. The molecule has 0 amide bonds. The first-order chi connectivity index (χ1) is 19.8. The first kappa shape index (κ1) is 31.0. The summed E-state index contributed by atoms with van der Waals surface area (Å²) in [4.78, 5) is 0. The van der Waals surface area contributed by atoms with Crippen molar-refractivity contribution in [2.24, 2.45) is 0 Å². The molecule has 0 unspecified atom stereocenters. The van der Waals surface area contributed by atoms with Gasteiger partial charge in [0.15, 0.2) is 8.32 Å². The van der Waals surface area contributed by atoms with Gasteiger partial charge in [-0.1, -0.05) is 69.3 Å². The Morgan fingerprint density at radius 1 is 1.05 bits per heavy atom. The topological polar surface area (TPSA) is 96.0 Å². The van der Waals surface area contributed by atoms with Gasteiger partial charge < -0.3 is 19.5 Å². The summed E-state index contributed by atoms with van der Waals surface area (Å²) in [5.74, 6) is 0.801. The van der Waals surface area contributed by atoms with E-state index in [9.17, 15) is 5.26 Å². The summed E-state index contributed by atoms with van der Waals surface area (Å²) >= 11 is 6.49. The van der Waals surface area contributed by atoms with Gasteiger partial charge in [0, 0.05) is 22.6 Å². The Hall–Kier alpha value is -3.90. The molecule has 0 saturated heterocycles. The minimum absolute atomic E-state index is 0.0150. The fourth-order valence-electron chi connectivity index (χ4n) is 4.24. The molecule has 1 aromatic heterocycles. The van der Waals surface area contributed by atoms with Gasteiger partial charge in [-0.2, -0.15) is 5.26 Å². The zero-order valence-electron chi connectivity index (χ0n) is 25.2. The van der Waals surface area contributed by atoms with Crippen molar-refractivity contribution in [2.75, 3.05) is 10.6 Å². The molecule has 9 heteroatoms. The summed E-state index contributed by atoms with van der Waals surface area (Å²) in [7, 11) is -2.13. The van der Waals surface area contributed by atoms with Crippen molar-refractivity contribution in [3.63, 3.8) is 0 Å². The molecule has 218 valence electrons.